The number of fused-ring (bicyclic) bond motifs is 1. The monoisotopic (exact) mass is 776 g/mol. The van der Waals surface area contributed by atoms with E-state index < -0.39 is 24.3 Å². The molecule has 7 rings (SSSR count). The summed E-state index contributed by atoms with van der Waals surface area (Å²) in [5.41, 5.74) is 6.48. The number of imidazole rings is 2. The minimum absolute atomic E-state index is 0.120. The number of benzene rings is 2. The van der Waals surface area contributed by atoms with Gasteiger partial charge in [-0.2, -0.15) is 0 Å². The van der Waals surface area contributed by atoms with Crippen molar-refractivity contribution in [1.82, 2.24) is 50.3 Å². The zero-order valence-corrected chi connectivity index (χ0v) is 32.7. The van der Waals surface area contributed by atoms with Crippen molar-refractivity contribution in [2.45, 2.75) is 77.5 Å². The summed E-state index contributed by atoms with van der Waals surface area (Å²) in [6.45, 7) is 8.54. The Morgan fingerprint density at radius 1 is 0.719 bits per heavy atom. The van der Waals surface area contributed by atoms with Crippen LogP contribution in [0.25, 0.3) is 44.8 Å². The maximum Gasteiger partial charge on any atom is 0.407 e. The highest BCUT2D eigenvalue weighted by atomic mass is 16.5. The molecule has 0 radical (unpaired) electrons. The van der Waals surface area contributed by atoms with Crippen molar-refractivity contribution < 1.29 is 29.0 Å². The first kappa shape index (κ1) is 38.9. The van der Waals surface area contributed by atoms with Crippen LogP contribution in [-0.4, -0.2) is 101 Å². The summed E-state index contributed by atoms with van der Waals surface area (Å²) in [5.74, 6) is 0.643. The zero-order chi connectivity index (χ0) is 40.4. The fourth-order valence-electron chi connectivity index (χ4n) is 7.78. The van der Waals surface area contributed by atoms with Crippen LogP contribution in [0.15, 0.2) is 61.1 Å². The number of carbonyl (C=O) groups is 4. The molecule has 5 N–H and O–H groups in total. The van der Waals surface area contributed by atoms with E-state index >= 15 is 0 Å². The number of hydrogen-bond acceptors (Lipinski definition) is 9. The predicted molar refractivity (Wildman–Crippen MR) is 211 cm³/mol. The van der Waals surface area contributed by atoms with Crippen molar-refractivity contribution in [3.05, 3.63) is 72.7 Å². The molecule has 2 aliphatic heterocycles. The second kappa shape index (κ2) is 16.4. The van der Waals surface area contributed by atoms with Gasteiger partial charge in [-0.05, 0) is 55.2 Å². The third-order valence-electron chi connectivity index (χ3n) is 10.8. The average Bonchev–Trinajstić information content (AvgIpc) is 4.05. The van der Waals surface area contributed by atoms with Gasteiger partial charge in [0.15, 0.2) is 0 Å². The van der Waals surface area contributed by atoms with E-state index in [0.29, 0.717) is 24.7 Å². The minimum atomic E-state index is -1.22. The van der Waals surface area contributed by atoms with Gasteiger partial charge >= 0.3 is 12.2 Å². The number of rotatable bonds is 11. The molecule has 0 unspecified atom stereocenters. The number of alkyl carbamates (subject to hydrolysis) is 1. The van der Waals surface area contributed by atoms with Crippen LogP contribution < -0.4 is 10.6 Å². The molecule has 57 heavy (non-hydrogen) atoms. The molecule has 298 valence electrons. The quantitative estimate of drug-likeness (QED) is 0.104. The van der Waals surface area contributed by atoms with Crippen molar-refractivity contribution in [3.63, 3.8) is 0 Å². The number of amides is 4. The number of likely N-dealkylation sites (tertiary alicyclic amines) is 2. The van der Waals surface area contributed by atoms with Crippen LogP contribution in [0.4, 0.5) is 9.59 Å². The third kappa shape index (κ3) is 8.16. The number of nitrogens with zero attached hydrogens (tertiary/aromatic N) is 6. The Morgan fingerprint density at radius 2 is 1.25 bits per heavy atom. The molecule has 0 aliphatic carbocycles. The maximum absolute atomic E-state index is 13.6. The van der Waals surface area contributed by atoms with Gasteiger partial charge in [-0.1, -0.05) is 58.0 Å². The second-order valence-electron chi connectivity index (χ2n) is 15.3. The fourth-order valence-corrected chi connectivity index (χ4v) is 7.78. The largest absolute Gasteiger partial charge is 0.465 e. The predicted octanol–water partition coefficient (Wildman–Crippen LogP) is 6.08. The second-order valence-corrected chi connectivity index (χ2v) is 15.3. The van der Waals surface area contributed by atoms with Gasteiger partial charge in [0.1, 0.15) is 23.7 Å². The summed E-state index contributed by atoms with van der Waals surface area (Å²) < 4.78 is 4.75. The van der Waals surface area contributed by atoms with E-state index in [0.717, 1.165) is 70.5 Å². The van der Waals surface area contributed by atoms with E-state index in [1.165, 1.54) is 7.11 Å². The summed E-state index contributed by atoms with van der Waals surface area (Å²) in [7, 11) is 1.28. The molecule has 4 amide bonds. The summed E-state index contributed by atoms with van der Waals surface area (Å²) in [6, 6.07) is 11.7. The SMILES string of the molecule is COC(=O)N[C@H](C(=O)N1CCC[C@H]1c1ncc(-c2ccc3nc(-c4ccc(-c5cnc([C@@H]6CCCN6C(=O)[C@@H](NC(=O)O)C(C)C)[nH]5)cc4)cnc3c2)[nH]1)C(C)C. The first-order chi connectivity index (χ1) is 27.4. The first-order valence-corrected chi connectivity index (χ1v) is 19.3. The van der Waals surface area contributed by atoms with Gasteiger partial charge in [-0.15, -0.1) is 0 Å². The summed E-state index contributed by atoms with van der Waals surface area (Å²) in [4.78, 5) is 79.5. The van der Waals surface area contributed by atoms with Crippen LogP contribution in [0.2, 0.25) is 0 Å². The zero-order valence-electron chi connectivity index (χ0n) is 32.7. The number of methoxy groups -OCH3 is 1. The smallest absolute Gasteiger partial charge is 0.407 e. The number of nitrogens with one attached hydrogen (secondary N) is 4. The summed E-state index contributed by atoms with van der Waals surface area (Å²) in [5, 5.41) is 14.4. The van der Waals surface area contributed by atoms with Gasteiger partial charge in [0.25, 0.3) is 0 Å². The molecule has 5 heterocycles. The van der Waals surface area contributed by atoms with Crippen LogP contribution >= 0.6 is 0 Å². The number of H-pyrrole nitrogens is 2. The number of aromatic amines is 2. The number of hydrogen-bond donors (Lipinski definition) is 5. The molecule has 3 aromatic heterocycles. The van der Waals surface area contributed by atoms with Crippen LogP contribution in [0.5, 0.6) is 0 Å². The van der Waals surface area contributed by atoms with E-state index in [4.69, 9.17) is 14.7 Å². The Labute approximate surface area is 329 Å². The standard InChI is InChI=1S/C41H48N10O6/c1-22(2)34(48-40(54)55)38(52)50-16-6-8-32(50)36-43-20-30(46-36)25-12-10-24(11-13-25)29-19-42-28-18-26(14-15-27(28)45-29)31-21-44-37(47-31)33-9-7-17-51(33)39(53)35(23(3)4)49-41(56)57-5/h10-15,18-23,32-35,48H,6-9,16-17H2,1-5H3,(H,43,46)(H,44,47)(H,49,56)(H,54,55)/t32-,33-,34-,35-/m0/s1. The van der Waals surface area contributed by atoms with Gasteiger partial charge in [0.05, 0.1) is 65.9 Å². The van der Waals surface area contributed by atoms with Crippen molar-refractivity contribution in [2.75, 3.05) is 20.2 Å². The number of ether oxygens (including phenoxy) is 1. The molecule has 16 nitrogen and oxygen atoms in total. The van der Waals surface area contributed by atoms with Gasteiger partial charge in [-0.25, -0.2) is 24.5 Å². The van der Waals surface area contributed by atoms with Crippen molar-refractivity contribution in [2.24, 2.45) is 11.8 Å². The molecule has 0 saturated carbocycles. The first-order valence-electron chi connectivity index (χ1n) is 19.3. The van der Waals surface area contributed by atoms with Crippen molar-refractivity contribution in [3.8, 4) is 33.8 Å². The normalized spacial score (nSPS) is 17.9. The molecular weight excluding hydrogens is 729 g/mol. The number of carboxylic acid groups (broad SMARTS) is 1. The molecule has 0 bridgehead atoms. The lowest BCUT2D eigenvalue weighted by molar-refractivity contribution is -0.136. The number of carbonyl (C=O) groups excluding carboxylic acids is 3. The maximum atomic E-state index is 13.6. The van der Waals surface area contributed by atoms with E-state index in [2.05, 4.69) is 30.6 Å². The molecule has 4 atom stereocenters. The van der Waals surface area contributed by atoms with E-state index in [1.54, 1.807) is 28.4 Å². The Morgan fingerprint density at radius 3 is 1.79 bits per heavy atom. The lowest BCUT2D eigenvalue weighted by Crippen LogP contribution is -2.51. The molecule has 2 aromatic carbocycles. The fraction of sp³-hybridized carbons (Fsp3) is 0.415. The summed E-state index contributed by atoms with van der Waals surface area (Å²) >= 11 is 0. The highest BCUT2D eigenvalue weighted by molar-refractivity contribution is 5.87. The van der Waals surface area contributed by atoms with Crippen LogP contribution in [0, 0.1) is 11.8 Å². The van der Waals surface area contributed by atoms with Crippen LogP contribution in [0.3, 0.4) is 0 Å². The molecule has 2 saturated heterocycles. The Hall–Kier alpha value is -6.32. The van der Waals surface area contributed by atoms with Crippen molar-refractivity contribution in [1.29, 1.82) is 0 Å². The Kier molecular flexibility index (Phi) is 11.2. The average molecular weight is 777 g/mol. The topological polar surface area (TPSA) is 211 Å². The lowest BCUT2D eigenvalue weighted by atomic mass is 10.0. The molecule has 2 aliphatic rings. The van der Waals surface area contributed by atoms with E-state index in [1.807, 2.05) is 70.2 Å². The third-order valence-corrected chi connectivity index (χ3v) is 10.8. The summed E-state index contributed by atoms with van der Waals surface area (Å²) in [6.07, 6.45) is 6.54. The Bertz CT molecular complexity index is 2270. The molecule has 5 aromatic rings. The van der Waals surface area contributed by atoms with Crippen molar-refractivity contribution >= 4 is 35.0 Å². The number of aromatic nitrogens is 6. The minimum Gasteiger partial charge on any atom is -0.465 e. The molecule has 16 heteroatoms. The molecule has 0 spiro atoms. The van der Waals surface area contributed by atoms with E-state index in [-0.39, 0.29) is 35.7 Å². The molecule has 2 fully saturated rings. The van der Waals surface area contributed by atoms with Gasteiger partial charge in [-0.3, -0.25) is 14.6 Å². The molecular formula is C41H48N10O6. The highest BCUT2D eigenvalue weighted by Gasteiger charge is 2.39. The van der Waals surface area contributed by atoms with Gasteiger partial charge in [0.2, 0.25) is 11.8 Å². The van der Waals surface area contributed by atoms with Gasteiger partial charge in [0, 0.05) is 24.2 Å². The van der Waals surface area contributed by atoms with Crippen LogP contribution in [0.1, 0.15) is 77.1 Å². The Balaban J connectivity index is 1.03. The van der Waals surface area contributed by atoms with E-state index in [9.17, 15) is 24.3 Å². The lowest BCUT2D eigenvalue weighted by Gasteiger charge is -2.30. The van der Waals surface area contributed by atoms with Gasteiger partial charge < -0.3 is 40.2 Å². The van der Waals surface area contributed by atoms with Crippen LogP contribution in [-0.2, 0) is 14.3 Å². The highest BCUT2D eigenvalue weighted by Crippen LogP contribution is 2.35.